The fraction of sp³-hybridized carbons (Fsp3) is 0.364. The summed E-state index contributed by atoms with van der Waals surface area (Å²) < 4.78 is 39.9. The van der Waals surface area contributed by atoms with Crippen molar-refractivity contribution >= 4 is 39.1 Å². The third-order valence-corrected chi connectivity index (χ3v) is 6.33. The summed E-state index contributed by atoms with van der Waals surface area (Å²) in [6.45, 7) is 3.20. The van der Waals surface area contributed by atoms with Gasteiger partial charge in [-0.1, -0.05) is 48.9 Å². The standard InChI is InChI=1S/C22H27ClFN3O4S/c1-4-19(22(29)25-5-2)26(14-16-10-6-7-11-17(16)23)21(28)15-27(32(3,30)31)20-13-9-8-12-18(20)24/h6-13,19H,4-5,14-15H2,1-3H3,(H,25,29)/t19-/m1/s1. The Morgan fingerprint density at radius 1 is 1.09 bits per heavy atom. The molecule has 0 saturated carbocycles. The van der Waals surface area contributed by atoms with Gasteiger partial charge in [-0.3, -0.25) is 13.9 Å². The first-order valence-corrected chi connectivity index (χ1v) is 12.4. The fourth-order valence-electron chi connectivity index (χ4n) is 3.27. The van der Waals surface area contributed by atoms with Crippen LogP contribution in [-0.4, -0.2) is 50.5 Å². The number of nitrogens with one attached hydrogen (secondary N) is 1. The molecule has 0 aliphatic rings. The Labute approximate surface area is 193 Å². The number of hydrogen-bond donors (Lipinski definition) is 1. The van der Waals surface area contributed by atoms with Crippen LogP contribution in [0.2, 0.25) is 5.02 Å². The zero-order valence-electron chi connectivity index (χ0n) is 18.2. The predicted octanol–water partition coefficient (Wildman–Crippen LogP) is 3.19. The van der Waals surface area contributed by atoms with Crippen molar-refractivity contribution in [3.05, 3.63) is 64.9 Å². The first-order valence-electron chi connectivity index (χ1n) is 10.1. The van der Waals surface area contributed by atoms with Crippen LogP contribution in [0.5, 0.6) is 0 Å². The largest absolute Gasteiger partial charge is 0.355 e. The van der Waals surface area contributed by atoms with Gasteiger partial charge in [0, 0.05) is 18.1 Å². The first kappa shape index (κ1) is 25.6. The van der Waals surface area contributed by atoms with Crippen LogP contribution < -0.4 is 9.62 Å². The minimum atomic E-state index is -3.99. The SMILES string of the molecule is CCNC(=O)[C@@H](CC)N(Cc1ccccc1Cl)C(=O)CN(c1ccccc1F)S(C)(=O)=O. The van der Waals surface area contributed by atoms with E-state index in [4.69, 9.17) is 11.6 Å². The second-order valence-corrected chi connectivity index (χ2v) is 9.47. The van der Waals surface area contributed by atoms with Crippen molar-refractivity contribution in [2.75, 3.05) is 23.7 Å². The molecule has 0 unspecified atom stereocenters. The van der Waals surface area contributed by atoms with E-state index in [-0.39, 0.29) is 18.1 Å². The Morgan fingerprint density at radius 3 is 2.28 bits per heavy atom. The number of amides is 2. The average Bonchev–Trinajstić information content (AvgIpc) is 2.73. The average molecular weight is 484 g/mol. The maximum Gasteiger partial charge on any atom is 0.244 e. The lowest BCUT2D eigenvalue weighted by molar-refractivity contribution is -0.140. The lowest BCUT2D eigenvalue weighted by atomic mass is 10.1. The number of nitrogens with zero attached hydrogens (tertiary/aromatic N) is 2. The van der Waals surface area contributed by atoms with Crippen molar-refractivity contribution in [1.82, 2.24) is 10.2 Å². The summed E-state index contributed by atoms with van der Waals surface area (Å²) in [5.41, 5.74) is 0.356. The van der Waals surface area contributed by atoms with Crippen molar-refractivity contribution in [2.45, 2.75) is 32.9 Å². The molecule has 0 aromatic heterocycles. The zero-order chi connectivity index (χ0) is 23.9. The smallest absolute Gasteiger partial charge is 0.244 e. The number of halogens is 2. The molecule has 7 nitrogen and oxygen atoms in total. The van der Waals surface area contributed by atoms with Crippen LogP contribution in [-0.2, 0) is 26.2 Å². The molecule has 2 amide bonds. The number of para-hydroxylation sites is 1. The number of hydrogen-bond acceptors (Lipinski definition) is 4. The van der Waals surface area contributed by atoms with Gasteiger partial charge in [-0.05, 0) is 37.1 Å². The quantitative estimate of drug-likeness (QED) is 0.562. The van der Waals surface area contributed by atoms with E-state index in [1.54, 1.807) is 38.1 Å². The molecule has 1 N–H and O–H groups in total. The van der Waals surface area contributed by atoms with Crippen LogP contribution in [0.4, 0.5) is 10.1 Å². The summed E-state index contributed by atoms with van der Waals surface area (Å²) in [5, 5.41) is 3.11. The second-order valence-electron chi connectivity index (χ2n) is 7.15. The fourth-order valence-corrected chi connectivity index (χ4v) is 4.32. The minimum Gasteiger partial charge on any atom is -0.355 e. The highest BCUT2D eigenvalue weighted by Crippen LogP contribution is 2.24. The summed E-state index contributed by atoms with van der Waals surface area (Å²) in [6, 6.07) is 11.3. The van der Waals surface area contributed by atoms with Crippen LogP contribution in [0.1, 0.15) is 25.8 Å². The van der Waals surface area contributed by atoms with Crippen molar-refractivity contribution < 1.29 is 22.4 Å². The third-order valence-electron chi connectivity index (χ3n) is 4.84. The second kappa shape index (κ2) is 11.3. The molecular formula is C22H27ClFN3O4S. The Kier molecular flexibility index (Phi) is 9.03. The van der Waals surface area contributed by atoms with E-state index in [2.05, 4.69) is 5.32 Å². The summed E-state index contributed by atoms with van der Waals surface area (Å²) >= 11 is 6.26. The lowest BCUT2D eigenvalue weighted by Gasteiger charge is -2.33. The number of sulfonamides is 1. The third kappa shape index (κ3) is 6.43. The van der Waals surface area contributed by atoms with E-state index in [0.29, 0.717) is 27.9 Å². The molecule has 2 rings (SSSR count). The van der Waals surface area contributed by atoms with E-state index in [9.17, 15) is 22.4 Å². The number of carbonyl (C=O) groups is 2. The predicted molar refractivity (Wildman–Crippen MR) is 123 cm³/mol. The number of rotatable bonds is 10. The van der Waals surface area contributed by atoms with Crippen LogP contribution >= 0.6 is 11.6 Å². The number of carbonyl (C=O) groups excluding carboxylic acids is 2. The molecule has 0 spiro atoms. The Hall–Kier alpha value is -2.65. The van der Waals surface area contributed by atoms with Crippen molar-refractivity contribution in [1.29, 1.82) is 0 Å². The van der Waals surface area contributed by atoms with Gasteiger partial charge in [0.25, 0.3) is 0 Å². The minimum absolute atomic E-state index is 0.0109. The molecule has 0 saturated heterocycles. The molecule has 0 aliphatic carbocycles. The maximum absolute atomic E-state index is 14.4. The molecule has 0 fully saturated rings. The molecule has 10 heteroatoms. The van der Waals surface area contributed by atoms with E-state index < -0.39 is 34.3 Å². The van der Waals surface area contributed by atoms with Gasteiger partial charge in [0.1, 0.15) is 18.4 Å². The van der Waals surface area contributed by atoms with Gasteiger partial charge in [-0.25, -0.2) is 12.8 Å². The van der Waals surface area contributed by atoms with Gasteiger partial charge in [0.2, 0.25) is 21.8 Å². The van der Waals surface area contributed by atoms with E-state index >= 15 is 0 Å². The summed E-state index contributed by atoms with van der Waals surface area (Å²) in [6.07, 6.45) is 1.19. The van der Waals surface area contributed by atoms with Crippen molar-refractivity contribution in [2.24, 2.45) is 0 Å². The van der Waals surface area contributed by atoms with Gasteiger partial charge >= 0.3 is 0 Å². The molecule has 1 atom stereocenters. The monoisotopic (exact) mass is 483 g/mol. The molecule has 174 valence electrons. The first-order chi connectivity index (χ1) is 15.1. The maximum atomic E-state index is 14.4. The summed E-state index contributed by atoms with van der Waals surface area (Å²) in [4.78, 5) is 27.3. The van der Waals surface area contributed by atoms with E-state index in [1.807, 2.05) is 0 Å². The molecule has 2 aromatic rings. The Bertz CT molecular complexity index is 1060. The van der Waals surface area contributed by atoms with E-state index in [1.165, 1.54) is 23.1 Å². The van der Waals surface area contributed by atoms with Gasteiger partial charge in [-0.2, -0.15) is 0 Å². The molecule has 2 aromatic carbocycles. The van der Waals surface area contributed by atoms with Crippen LogP contribution in [0.3, 0.4) is 0 Å². The van der Waals surface area contributed by atoms with Gasteiger partial charge in [0.05, 0.1) is 11.9 Å². The van der Waals surface area contributed by atoms with Crippen LogP contribution in [0.15, 0.2) is 48.5 Å². The highest BCUT2D eigenvalue weighted by atomic mass is 35.5. The van der Waals surface area contributed by atoms with Crippen LogP contribution in [0, 0.1) is 5.82 Å². The zero-order valence-corrected chi connectivity index (χ0v) is 19.8. The lowest BCUT2D eigenvalue weighted by Crippen LogP contribution is -2.52. The van der Waals surface area contributed by atoms with Gasteiger partial charge < -0.3 is 10.2 Å². The molecular weight excluding hydrogens is 457 g/mol. The summed E-state index contributed by atoms with van der Waals surface area (Å²) in [5.74, 6) is -1.80. The number of anilines is 1. The Morgan fingerprint density at radius 2 is 1.72 bits per heavy atom. The van der Waals surface area contributed by atoms with Gasteiger partial charge in [-0.15, -0.1) is 0 Å². The van der Waals surface area contributed by atoms with Gasteiger partial charge in [0.15, 0.2) is 0 Å². The highest BCUT2D eigenvalue weighted by molar-refractivity contribution is 7.92. The highest BCUT2D eigenvalue weighted by Gasteiger charge is 2.32. The molecule has 0 heterocycles. The van der Waals surface area contributed by atoms with Crippen molar-refractivity contribution in [3.8, 4) is 0 Å². The molecule has 0 bridgehead atoms. The summed E-state index contributed by atoms with van der Waals surface area (Å²) in [7, 11) is -3.99. The molecule has 0 aliphatic heterocycles. The molecule has 0 radical (unpaired) electrons. The van der Waals surface area contributed by atoms with E-state index in [0.717, 1.165) is 12.3 Å². The van der Waals surface area contributed by atoms with Crippen LogP contribution in [0.25, 0.3) is 0 Å². The number of likely N-dealkylation sites (N-methyl/N-ethyl adjacent to an activating group) is 1. The molecule has 32 heavy (non-hydrogen) atoms. The normalized spacial score (nSPS) is 12.2. The Balaban J connectivity index is 2.46. The van der Waals surface area contributed by atoms with Crippen molar-refractivity contribution in [3.63, 3.8) is 0 Å². The topological polar surface area (TPSA) is 86.8 Å². The number of benzene rings is 2.